The van der Waals surface area contributed by atoms with Crippen LogP contribution in [0.3, 0.4) is 0 Å². The Bertz CT molecular complexity index is 439. The quantitative estimate of drug-likeness (QED) is 0.776. The molecule has 0 radical (unpaired) electrons. The summed E-state index contributed by atoms with van der Waals surface area (Å²) in [6, 6.07) is 5.42. The first-order valence-electron chi connectivity index (χ1n) is 6.49. The summed E-state index contributed by atoms with van der Waals surface area (Å²) in [7, 11) is 1.37. The van der Waals surface area contributed by atoms with Crippen LogP contribution in [0.25, 0.3) is 0 Å². The zero-order valence-corrected chi connectivity index (χ0v) is 12.1. The van der Waals surface area contributed by atoms with Gasteiger partial charge in [-0.25, -0.2) is 4.79 Å². The lowest BCUT2D eigenvalue weighted by molar-refractivity contribution is 0.0601. The number of benzene rings is 1. The van der Waals surface area contributed by atoms with Crippen LogP contribution in [0, 0.1) is 12.3 Å². The zero-order chi connectivity index (χ0) is 14.5. The van der Waals surface area contributed by atoms with E-state index in [1.54, 1.807) is 12.1 Å². The van der Waals surface area contributed by atoms with E-state index in [0.717, 1.165) is 17.7 Å². The van der Waals surface area contributed by atoms with Crippen molar-refractivity contribution in [1.29, 1.82) is 0 Å². The fraction of sp³-hybridized carbons (Fsp3) is 0.533. The highest BCUT2D eigenvalue weighted by Gasteiger charge is 2.21. The average molecular weight is 265 g/mol. The molecule has 4 heteroatoms. The van der Waals surface area contributed by atoms with Crippen molar-refractivity contribution in [1.82, 2.24) is 0 Å². The third-order valence-corrected chi connectivity index (χ3v) is 3.60. The summed E-state index contributed by atoms with van der Waals surface area (Å²) in [5, 5.41) is 12.7. The van der Waals surface area contributed by atoms with E-state index in [-0.39, 0.29) is 18.0 Å². The van der Waals surface area contributed by atoms with E-state index in [4.69, 9.17) is 4.74 Å². The Hall–Kier alpha value is -1.55. The topological polar surface area (TPSA) is 58.6 Å². The highest BCUT2D eigenvalue weighted by Crippen LogP contribution is 2.23. The van der Waals surface area contributed by atoms with E-state index >= 15 is 0 Å². The molecule has 4 nitrogen and oxygen atoms in total. The summed E-state index contributed by atoms with van der Waals surface area (Å²) in [5.74, 6) is -0.344. The molecule has 0 spiro atoms. The molecule has 106 valence electrons. The first-order valence-corrected chi connectivity index (χ1v) is 6.49. The second kappa shape index (κ2) is 6.57. The lowest BCUT2D eigenvalue weighted by atomic mass is 9.88. The maximum atomic E-state index is 11.5. The normalized spacial score (nSPS) is 13.7. The van der Waals surface area contributed by atoms with Crippen LogP contribution in [-0.4, -0.2) is 31.3 Å². The summed E-state index contributed by atoms with van der Waals surface area (Å²) in [6.45, 7) is 6.85. The zero-order valence-electron chi connectivity index (χ0n) is 12.1. The van der Waals surface area contributed by atoms with Crippen LogP contribution in [0.4, 0.5) is 5.69 Å². The Morgan fingerprint density at radius 2 is 2.16 bits per heavy atom. The highest BCUT2D eigenvalue weighted by atomic mass is 16.5. The minimum absolute atomic E-state index is 0.131. The first kappa shape index (κ1) is 15.5. The minimum atomic E-state index is -0.344. The maximum Gasteiger partial charge on any atom is 0.337 e. The number of anilines is 1. The van der Waals surface area contributed by atoms with Gasteiger partial charge in [0, 0.05) is 17.6 Å². The van der Waals surface area contributed by atoms with Gasteiger partial charge in [0.05, 0.1) is 19.3 Å². The molecule has 1 aromatic carbocycles. The van der Waals surface area contributed by atoms with Crippen molar-refractivity contribution in [2.24, 2.45) is 5.41 Å². The van der Waals surface area contributed by atoms with Gasteiger partial charge >= 0.3 is 5.97 Å². The fourth-order valence-corrected chi connectivity index (χ4v) is 1.66. The summed E-state index contributed by atoms with van der Waals surface area (Å²) in [4.78, 5) is 11.5. The second-order valence-corrected chi connectivity index (χ2v) is 5.20. The maximum absolute atomic E-state index is 11.5. The molecular weight excluding hydrogens is 242 g/mol. The number of carbonyl (C=O) groups is 1. The Balaban J connectivity index is 2.86. The van der Waals surface area contributed by atoms with Crippen LogP contribution in [0.1, 0.15) is 36.2 Å². The molecular formula is C15H23NO3. The Kier molecular flexibility index (Phi) is 5.36. The van der Waals surface area contributed by atoms with Crippen molar-refractivity contribution in [2.45, 2.75) is 27.2 Å². The number of aliphatic hydroxyl groups excluding tert-OH is 1. The number of carbonyl (C=O) groups excluding carboxylic acids is 1. The molecule has 0 aliphatic carbocycles. The lowest BCUT2D eigenvalue weighted by Crippen LogP contribution is -2.29. The molecule has 0 fully saturated rings. The Morgan fingerprint density at radius 1 is 1.47 bits per heavy atom. The molecule has 0 saturated heterocycles. The summed E-state index contributed by atoms with van der Waals surface area (Å²) in [5.41, 5.74) is 2.33. The van der Waals surface area contributed by atoms with Gasteiger partial charge in [0.1, 0.15) is 0 Å². The van der Waals surface area contributed by atoms with Crippen LogP contribution in [0.15, 0.2) is 18.2 Å². The number of esters is 1. The van der Waals surface area contributed by atoms with Crippen molar-refractivity contribution in [3.8, 4) is 0 Å². The van der Waals surface area contributed by atoms with Gasteiger partial charge in [-0.1, -0.05) is 19.9 Å². The SMILES string of the molecule is CCC(C)(CO)CNc1cc(C(=O)OC)ccc1C. The van der Waals surface area contributed by atoms with E-state index in [0.29, 0.717) is 12.1 Å². The number of ether oxygens (including phenoxy) is 1. The van der Waals surface area contributed by atoms with Crippen LogP contribution in [0.5, 0.6) is 0 Å². The minimum Gasteiger partial charge on any atom is -0.465 e. The molecule has 0 heterocycles. The molecule has 2 N–H and O–H groups in total. The number of aliphatic hydroxyl groups is 1. The number of aryl methyl sites for hydroxylation is 1. The van der Waals surface area contributed by atoms with E-state index in [9.17, 15) is 9.90 Å². The highest BCUT2D eigenvalue weighted by molar-refractivity contribution is 5.90. The van der Waals surface area contributed by atoms with Crippen molar-refractivity contribution >= 4 is 11.7 Å². The van der Waals surface area contributed by atoms with Crippen LogP contribution < -0.4 is 5.32 Å². The number of methoxy groups -OCH3 is 1. The van der Waals surface area contributed by atoms with E-state index in [1.165, 1.54) is 7.11 Å². The summed E-state index contributed by atoms with van der Waals surface area (Å²) >= 11 is 0. The van der Waals surface area contributed by atoms with Gasteiger partial charge in [0.25, 0.3) is 0 Å². The van der Waals surface area contributed by atoms with Crippen molar-refractivity contribution < 1.29 is 14.6 Å². The van der Waals surface area contributed by atoms with Crippen LogP contribution in [-0.2, 0) is 4.74 Å². The summed E-state index contributed by atoms with van der Waals surface area (Å²) < 4.78 is 4.71. The molecule has 1 rings (SSSR count). The molecule has 1 aromatic rings. The largest absolute Gasteiger partial charge is 0.465 e. The van der Waals surface area contributed by atoms with Gasteiger partial charge in [-0.05, 0) is 31.0 Å². The Labute approximate surface area is 114 Å². The van der Waals surface area contributed by atoms with Crippen LogP contribution >= 0.6 is 0 Å². The number of nitrogens with one attached hydrogen (secondary N) is 1. The van der Waals surface area contributed by atoms with Gasteiger partial charge < -0.3 is 15.2 Å². The molecule has 19 heavy (non-hydrogen) atoms. The number of hydrogen-bond donors (Lipinski definition) is 2. The van der Waals surface area contributed by atoms with Crippen molar-refractivity contribution in [2.75, 3.05) is 25.6 Å². The first-order chi connectivity index (χ1) is 8.95. The van der Waals surface area contributed by atoms with Gasteiger partial charge in [0.15, 0.2) is 0 Å². The van der Waals surface area contributed by atoms with Crippen molar-refractivity contribution in [3.05, 3.63) is 29.3 Å². The number of hydrogen-bond acceptors (Lipinski definition) is 4. The third-order valence-electron chi connectivity index (χ3n) is 3.60. The van der Waals surface area contributed by atoms with E-state index in [1.807, 2.05) is 19.9 Å². The molecule has 0 amide bonds. The number of rotatable bonds is 6. The molecule has 0 aliphatic heterocycles. The van der Waals surface area contributed by atoms with E-state index < -0.39 is 0 Å². The summed E-state index contributed by atoms with van der Waals surface area (Å²) in [6.07, 6.45) is 0.881. The average Bonchev–Trinajstić information content (AvgIpc) is 2.45. The van der Waals surface area contributed by atoms with Crippen LogP contribution in [0.2, 0.25) is 0 Å². The molecule has 0 aliphatic rings. The van der Waals surface area contributed by atoms with Gasteiger partial charge in [0.2, 0.25) is 0 Å². The monoisotopic (exact) mass is 265 g/mol. The van der Waals surface area contributed by atoms with Gasteiger partial charge in [-0.2, -0.15) is 0 Å². The smallest absolute Gasteiger partial charge is 0.337 e. The molecule has 0 bridgehead atoms. The fourth-order valence-electron chi connectivity index (χ4n) is 1.66. The third kappa shape index (κ3) is 3.96. The van der Waals surface area contributed by atoms with E-state index in [2.05, 4.69) is 12.2 Å². The van der Waals surface area contributed by atoms with Crippen molar-refractivity contribution in [3.63, 3.8) is 0 Å². The molecule has 0 saturated carbocycles. The predicted octanol–water partition coefficient (Wildman–Crippen LogP) is 2.60. The molecule has 1 unspecified atom stereocenters. The second-order valence-electron chi connectivity index (χ2n) is 5.20. The standard InChI is InChI=1S/C15H23NO3/c1-5-15(3,10-17)9-16-13-8-12(14(18)19-4)7-6-11(13)2/h6-8,16-17H,5,9-10H2,1-4H3. The predicted molar refractivity (Wildman–Crippen MR) is 76.5 cm³/mol. The van der Waals surface area contributed by atoms with Gasteiger partial charge in [-0.3, -0.25) is 0 Å². The Morgan fingerprint density at radius 3 is 2.68 bits per heavy atom. The lowest BCUT2D eigenvalue weighted by Gasteiger charge is -2.27. The molecule has 0 aromatic heterocycles. The van der Waals surface area contributed by atoms with Gasteiger partial charge in [-0.15, -0.1) is 0 Å². The molecule has 1 atom stereocenters.